The number of nitrogens with one attached hydrogen (secondary N) is 1. The molecule has 0 aliphatic heterocycles. The van der Waals surface area contributed by atoms with Gasteiger partial charge in [0.15, 0.2) is 6.61 Å². The van der Waals surface area contributed by atoms with Crippen molar-refractivity contribution in [1.29, 1.82) is 0 Å². The van der Waals surface area contributed by atoms with Crippen LogP contribution in [0.5, 0.6) is 0 Å². The highest BCUT2D eigenvalue weighted by atomic mass is 32.1. The minimum atomic E-state index is -0.422. The summed E-state index contributed by atoms with van der Waals surface area (Å²) in [5, 5.41) is 3.24. The van der Waals surface area contributed by atoms with E-state index in [1.54, 1.807) is 6.92 Å². The number of ether oxygens (including phenoxy) is 2. The van der Waals surface area contributed by atoms with Crippen molar-refractivity contribution in [3.63, 3.8) is 0 Å². The number of hydrogen-bond acceptors (Lipinski definition) is 6. The van der Waals surface area contributed by atoms with E-state index < -0.39 is 11.9 Å². The van der Waals surface area contributed by atoms with Crippen LogP contribution in [-0.2, 0) is 31.9 Å². The normalized spacial score (nSPS) is 16.2. The minimum Gasteiger partial charge on any atom is -0.462 e. The van der Waals surface area contributed by atoms with Crippen LogP contribution < -0.4 is 5.32 Å². The Balaban J connectivity index is 1.51. The zero-order valence-corrected chi connectivity index (χ0v) is 16.6. The Morgan fingerprint density at radius 2 is 1.89 bits per heavy atom. The van der Waals surface area contributed by atoms with Crippen LogP contribution in [0.15, 0.2) is 0 Å². The second-order valence-corrected chi connectivity index (χ2v) is 8.29. The predicted octanol–water partition coefficient (Wildman–Crippen LogP) is 3.87. The van der Waals surface area contributed by atoms with Gasteiger partial charge in [-0.05, 0) is 44.1 Å². The maximum Gasteiger partial charge on any atom is 0.341 e. The maximum absolute atomic E-state index is 12.3. The van der Waals surface area contributed by atoms with Crippen LogP contribution in [0.25, 0.3) is 0 Å². The summed E-state index contributed by atoms with van der Waals surface area (Å²) < 4.78 is 10.2. The van der Waals surface area contributed by atoms with Crippen LogP contribution >= 0.6 is 11.3 Å². The van der Waals surface area contributed by atoms with Crippen molar-refractivity contribution in [2.75, 3.05) is 18.5 Å². The molecule has 1 aromatic heterocycles. The van der Waals surface area contributed by atoms with E-state index in [0.717, 1.165) is 36.1 Å². The number of hydrogen-bond donors (Lipinski definition) is 1. The molecule has 0 atom stereocenters. The lowest BCUT2D eigenvalue weighted by Gasteiger charge is -2.10. The van der Waals surface area contributed by atoms with Gasteiger partial charge in [0, 0.05) is 11.3 Å². The van der Waals surface area contributed by atoms with Gasteiger partial charge in [-0.15, -0.1) is 11.3 Å². The van der Waals surface area contributed by atoms with E-state index in [1.165, 1.54) is 37.0 Å². The van der Waals surface area contributed by atoms with Crippen LogP contribution in [0.3, 0.4) is 0 Å². The monoisotopic (exact) mass is 393 g/mol. The summed E-state index contributed by atoms with van der Waals surface area (Å²) in [5.41, 5.74) is 1.46. The molecular weight excluding hydrogens is 366 g/mol. The van der Waals surface area contributed by atoms with Crippen LogP contribution in [0.2, 0.25) is 0 Å². The van der Waals surface area contributed by atoms with Gasteiger partial charge in [0.2, 0.25) is 0 Å². The number of thiophene rings is 1. The van der Waals surface area contributed by atoms with Crippen LogP contribution in [0.4, 0.5) is 5.00 Å². The first kappa shape index (κ1) is 19.9. The minimum absolute atomic E-state index is 0.287. The summed E-state index contributed by atoms with van der Waals surface area (Å²) in [6.45, 7) is 1.72. The molecule has 27 heavy (non-hydrogen) atoms. The predicted molar refractivity (Wildman–Crippen MR) is 103 cm³/mol. The average molecular weight is 394 g/mol. The molecule has 1 amide bonds. The lowest BCUT2D eigenvalue weighted by atomic mass is 10.0. The molecule has 2 aliphatic rings. The van der Waals surface area contributed by atoms with Crippen LogP contribution in [0, 0.1) is 5.92 Å². The molecule has 0 spiro atoms. The van der Waals surface area contributed by atoms with E-state index in [9.17, 15) is 14.4 Å². The number of amides is 1. The number of aryl methyl sites for hydroxylation is 1. The van der Waals surface area contributed by atoms with Gasteiger partial charge in [-0.3, -0.25) is 9.59 Å². The van der Waals surface area contributed by atoms with Crippen LogP contribution in [0.1, 0.15) is 72.7 Å². The zero-order valence-electron chi connectivity index (χ0n) is 15.8. The summed E-state index contributed by atoms with van der Waals surface area (Å²) in [4.78, 5) is 37.5. The average Bonchev–Trinajstić information content (AvgIpc) is 3.35. The topological polar surface area (TPSA) is 81.7 Å². The molecule has 3 rings (SSSR count). The first-order chi connectivity index (χ1) is 13.1. The number of carbonyl (C=O) groups excluding carboxylic acids is 3. The van der Waals surface area contributed by atoms with Gasteiger partial charge in [0.25, 0.3) is 5.91 Å². The summed E-state index contributed by atoms with van der Waals surface area (Å²) in [6, 6.07) is 0. The van der Waals surface area contributed by atoms with Crippen molar-refractivity contribution in [2.24, 2.45) is 5.92 Å². The van der Waals surface area contributed by atoms with Crippen molar-refractivity contribution in [3.8, 4) is 0 Å². The van der Waals surface area contributed by atoms with Crippen LogP contribution in [-0.4, -0.2) is 31.1 Å². The van der Waals surface area contributed by atoms with E-state index in [0.29, 0.717) is 22.9 Å². The molecule has 2 aliphatic carbocycles. The molecule has 1 saturated carbocycles. The number of rotatable bonds is 8. The van der Waals surface area contributed by atoms with E-state index in [2.05, 4.69) is 5.32 Å². The molecule has 1 fully saturated rings. The molecule has 6 nitrogen and oxygen atoms in total. The molecule has 1 N–H and O–H groups in total. The van der Waals surface area contributed by atoms with Gasteiger partial charge in [-0.1, -0.05) is 25.7 Å². The van der Waals surface area contributed by atoms with Crippen molar-refractivity contribution in [2.45, 2.75) is 64.7 Å². The van der Waals surface area contributed by atoms with E-state index in [1.807, 2.05) is 0 Å². The van der Waals surface area contributed by atoms with Gasteiger partial charge in [-0.2, -0.15) is 0 Å². The van der Waals surface area contributed by atoms with Gasteiger partial charge >= 0.3 is 11.9 Å². The van der Waals surface area contributed by atoms with Crippen molar-refractivity contribution >= 4 is 34.2 Å². The fourth-order valence-electron chi connectivity index (χ4n) is 3.91. The molecule has 0 bridgehead atoms. The molecule has 148 valence electrons. The lowest BCUT2D eigenvalue weighted by molar-refractivity contribution is -0.147. The largest absolute Gasteiger partial charge is 0.462 e. The summed E-state index contributed by atoms with van der Waals surface area (Å²) >= 11 is 1.42. The summed E-state index contributed by atoms with van der Waals surface area (Å²) in [7, 11) is 0. The highest BCUT2D eigenvalue weighted by Gasteiger charge is 2.28. The van der Waals surface area contributed by atoms with Crippen molar-refractivity contribution in [1.82, 2.24) is 0 Å². The molecule has 7 heteroatoms. The third kappa shape index (κ3) is 5.09. The highest BCUT2D eigenvalue weighted by Crippen LogP contribution is 2.39. The number of esters is 2. The van der Waals surface area contributed by atoms with Gasteiger partial charge in [0.1, 0.15) is 5.00 Å². The molecule has 0 aromatic carbocycles. The number of anilines is 1. The highest BCUT2D eigenvalue weighted by molar-refractivity contribution is 7.17. The fraction of sp³-hybridized carbons (Fsp3) is 0.650. The Labute approximate surface area is 163 Å². The molecule has 0 radical (unpaired) electrons. The van der Waals surface area contributed by atoms with E-state index >= 15 is 0 Å². The number of carbonyl (C=O) groups is 3. The third-order valence-electron chi connectivity index (χ3n) is 5.25. The molecule has 0 unspecified atom stereocenters. The van der Waals surface area contributed by atoms with Gasteiger partial charge in [-0.25, -0.2) is 4.79 Å². The van der Waals surface area contributed by atoms with E-state index in [-0.39, 0.29) is 19.2 Å². The Kier molecular flexibility index (Phi) is 6.88. The molecule has 1 aromatic rings. The Hall–Kier alpha value is -1.89. The smallest absolute Gasteiger partial charge is 0.341 e. The Morgan fingerprint density at radius 3 is 2.63 bits per heavy atom. The fourth-order valence-corrected chi connectivity index (χ4v) is 5.21. The quantitative estimate of drug-likeness (QED) is 0.678. The van der Waals surface area contributed by atoms with Gasteiger partial charge in [0.05, 0.1) is 12.2 Å². The summed E-state index contributed by atoms with van der Waals surface area (Å²) in [6.07, 6.45) is 8.82. The van der Waals surface area contributed by atoms with Crippen molar-refractivity contribution < 1.29 is 23.9 Å². The lowest BCUT2D eigenvalue weighted by Crippen LogP contribution is -2.22. The molecular formula is C20H27NO5S. The standard InChI is InChI=1S/C20H27NO5S/c1-2-25-20(24)18-14-8-5-9-15(14)27-19(18)21-16(22)12-26-17(23)11-10-13-6-3-4-7-13/h13H,2-12H2,1H3,(H,21,22). The maximum atomic E-state index is 12.3. The van der Waals surface area contributed by atoms with Crippen molar-refractivity contribution in [3.05, 3.63) is 16.0 Å². The Bertz CT molecular complexity index is 705. The molecule has 0 saturated heterocycles. The van der Waals surface area contributed by atoms with Gasteiger partial charge < -0.3 is 14.8 Å². The first-order valence-electron chi connectivity index (χ1n) is 9.85. The third-order valence-corrected chi connectivity index (χ3v) is 6.46. The SMILES string of the molecule is CCOC(=O)c1c(NC(=O)COC(=O)CCC2CCCC2)sc2c1CCC2. The Morgan fingerprint density at radius 1 is 1.11 bits per heavy atom. The number of fused-ring (bicyclic) bond motifs is 1. The molecule has 1 heterocycles. The summed E-state index contributed by atoms with van der Waals surface area (Å²) in [5.74, 6) is -0.543. The zero-order chi connectivity index (χ0) is 19.2. The second kappa shape index (κ2) is 9.35. The first-order valence-corrected chi connectivity index (χ1v) is 10.7. The van der Waals surface area contributed by atoms with E-state index in [4.69, 9.17) is 9.47 Å². The second-order valence-electron chi connectivity index (χ2n) is 7.18.